The predicted molar refractivity (Wildman–Crippen MR) is 79.9 cm³/mol. The van der Waals surface area contributed by atoms with E-state index >= 15 is 0 Å². The van der Waals surface area contributed by atoms with Gasteiger partial charge in [-0.2, -0.15) is 0 Å². The van der Waals surface area contributed by atoms with Gasteiger partial charge >= 0.3 is 0 Å². The zero-order valence-corrected chi connectivity index (χ0v) is 13.2. The second kappa shape index (κ2) is 5.15. The summed E-state index contributed by atoms with van der Waals surface area (Å²) in [6, 6.07) is 0.545. The number of hydrogen-bond acceptors (Lipinski definition) is 3. The number of fused-ring (bicyclic) bond motifs is 1. The fourth-order valence-corrected chi connectivity index (χ4v) is 3.79. The zero-order chi connectivity index (χ0) is 14.3. The molecule has 2 heterocycles. The Kier molecular flexibility index (Phi) is 3.63. The highest BCUT2D eigenvalue weighted by molar-refractivity contribution is 5.23. The molecular weight excluding hydrogens is 250 g/mol. The predicted octanol–water partition coefficient (Wildman–Crippen LogP) is 2.47. The molecule has 4 nitrogen and oxygen atoms in total. The van der Waals surface area contributed by atoms with Crippen molar-refractivity contribution >= 4 is 0 Å². The van der Waals surface area contributed by atoms with Crippen molar-refractivity contribution in [2.75, 3.05) is 13.2 Å². The first-order chi connectivity index (χ1) is 9.59. The highest BCUT2D eigenvalue weighted by atomic mass is 16.5. The summed E-state index contributed by atoms with van der Waals surface area (Å²) in [7, 11) is 0. The van der Waals surface area contributed by atoms with Gasteiger partial charge in [-0.3, -0.25) is 0 Å². The van der Waals surface area contributed by atoms with Gasteiger partial charge < -0.3 is 14.6 Å². The number of nitrogens with zero attached hydrogens (tertiary/aromatic N) is 2. The van der Waals surface area contributed by atoms with Crippen molar-refractivity contribution in [3.05, 3.63) is 17.2 Å². The average molecular weight is 277 g/mol. The zero-order valence-electron chi connectivity index (χ0n) is 13.2. The van der Waals surface area contributed by atoms with E-state index in [4.69, 9.17) is 9.72 Å². The molecule has 1 aliphatic carbocycles. The number of aryl methyl sites for hydroxylation is 1. The van der Waals surface area contributed by atoms with Gasteiger partial charge in [0, 0.05) is 49.7 Å². The van der Waals surface area contributed by atoms with Crippen LogP contribution in [0.3, 0.4) is 0 Å². The summed E-state index contributed by atoms with van der Waals surface area (Å²) in [5.74, 6) is 1.26. The van der Waals surface area contributed by atoms with E-state index in [0.29, 0.717) is 12.1 Å². The van der Waals surface area contributed by atoms with Crippen LogP contribution in [0.4, 0.5) is 0 Å². The van der Waals surface area contributed by atoms with Crippen LogP contribution in [0, 0.1) is 5.41 Å². The van der Waals surface area contributed by atoms with E-state index in [2.05, 4.69) is 37.6 Å². The van der Waals surface area contributed by atoms with Crippen LogP contribution in [0.5, 0.6) is 0 Å². The van der Waals surface area contributed by atoms with E-state index < -0.39 is 0 Å². The van der Waals surface area contributed by atoms with Crippen molar-refractivity contribution in [2.45, 2.75) is 65.6 Å². The molecule has 0 saturated heterocycles. The third-order valence-electron chi connectivity index (χ3n) is 5.12. The molecule has 0 aromatic carbocycles. The molecule has 1 N–H and O–H groups in total. The summed E-state index contributed by atoms with van der Waals surface area (Å²) in [4.78, 5) is 4.87. The number of imidazole rings is 1. The second-order valence-electron chi connectivity index (χ2n) is 6.59. The Morgan fingerprint density at radius 1 is 1.40 bits per heavy atom. The van der Waals surface area contributed by atoms with E-state index in [1.165, 1.54) is 17.2 Å². The lowest BCUT2D eigenvalue weighted by molar-refractivity contribution is -0.129. The van der Waals surface area contributed by atoms with Crippen LogP contribution in [0.1, 0.15) is 57.4 Å². The average Bonchev–Trinajstić information content (AvgIpc) is 2.81. The molecule has 1 fully saturated rings. The minimum Gasteiger partial charge on any atom is -0.378 e. The molecule has 1 aromatic rings. The van der Waals surface area contributed by atoms with Crippen molar-refractivity contribution in [1.82, 2.24) is 14.9 Å². The van der Waals surface area contributed by atoms with E-state index in [1.807, 2.05) is 0 Å². The molecule has 2 atom stereocenters. The van der Waals surface area contributed by atoms with Crippen LogP contribution in [0.15, 0.2) is 0 Å². The van der Waals surface area contributed by atoms with Gasteiger partial charge in [-0.1, -0.05) is 20.8 Å². The molecule has 1 saturated carbocycles. The normalized spacial score (nSPS) is 28.0. The maximum Gasteiger partial charge on any atom is 0.109 e. The summed E-state index contributed by atoms with van der Waals surface area (Å²) in [6.07, 6.45) is 3.64. The Balaban J connectivity index is 1.93. The number of hydrogen-bond donors (Lipinski definition) is 1. The summed E-state index contributed by atoms with van der Waals surface area (Å²) < 4.78 is 8.44. The van der Waals surface area contributed by atoms with Crippen molar-refractivity contribution < 1.29 is 4.74 Å². The van der Waals surface area contributed by atoms with Crippen molar-refractivity contribution in [1.29, 1.82) is 0 Å². The van der Waals surface area contributed by atoms with Crippen LogP contribution in [0.2, 0.25) is 0 Å². The van der Waals surface area contributed by atoms with Crippen LogP contribution in [-0.4, -0.2) is 28.8 Å². The van der Waals surface area contributed by atoms with Gasteiger partial charge in [0.2, 0.25) is 0 Å². The largest absolute Gasteiger partial charge is 0.378 e. The van der Waals surface area contributed by atoms with Crippen LogP contribution in [-0.2, 0) is 24.1 Å². The molecule has 20 heavy (non-hydrogen) atoms. The number of ether oxygens (including phenoxy) is 1. The molecule has 0 bridgehead atoms. The quantitative estimate of drug-likeness (QED) is 0.919. The van der Waals surface area contributed by atoms with Gasteiger partial charge in [-0.15, -0.1) is 0 Å². The van der Waals surface area contributed by atoms with Gasteiger partial charge in [0.05, 0.1) is 11.8 Å². The molecule has 3 rings (SSSR count). The highest BCUT2D eigenvalue weighted by Gasteiger charge is 2.51. The Morgan fingerprint density at radius 3 is 2.85 bits per heavy atom. The summed E-state index contributed by atoms with van der Waals surface area (Å²) >= 11 is 0. The first kappa shape index (κ1) is 14.1. The molecule has 4 heteroatoms. The Bertz CT molecular complexity index is 492. The van der Waals surface area contributed by atoms with E-state index in [-0.39, 0.29) is 5.41 Å². The van der Waals surface area contributed by atoms with Crippen LogP contribution in [0.25, 0.3) is 0 Å². The smallest absolute Gasteiger partial charge is 0.109 e. The molecule has 2 aliphatic rings. The first-order valence-corrected chi connectivity index (χ1v) is 8.00. The highest BCUT2D eigenvalue weighted by Crippen LogP contribution is 2.52. The Labute approximate surface area is 121 Å². The number of aromatic nitrogens is 2. The molecule has 0 radical (unpaired) electrons. The van der Waals surface area contributed by atoms with Crippen molar-refractivity contribution in [3.63, 3.8) is 0 Å². The third-order valence-corrected chi connectivity index (χ3v) is 5.12. The van der Waals surface area contributed by atoms with Gasteiger partial charge in [0.1, 0.15) is 5.82 Å². The number of nitrogens with one attached hydrogen (secondary N) is 1. The molecule has 0 spiro atoms. The lowest BCUT2D eigenvalue weighted by Crippen LogP contribution is -2.52. The molecule has 2 unspecified atom stereocenters. The third kappa shape index (κ3) is 2.01. The fourth-order valence-electron chi connectivity index (χ4n) is 3.79. The molecular formula is C16H27N3O. The first-order valence-electron chi connectivity index (χ1n) is 8.00. The summed E-state index contributed by atoms with van der Waals surface area (Å²) in [5, 5.41) is 3.43. The second-order valence-corrected chi connectivity index (χ2v) is 6.59. The van der Waals surface area contributed by atoms with Gasteiger partial charge in [-0.05, 0) is 13.3 Å². The Morgan fingerprint density at radius 2 is 2.20 bits per heavy atom. The van der Waals surface area contributed by atoms with Crippen molar-refractivity contribution in [3.8, 4) is 0 Å². The van der Waals surface area contributed by atoms with Crippen LogP contribution >= 0.6 is 0 Å². The van der Waals surface area contributed by atoms with Gasteiger partial charge in [0.25, 0.3) is 0 Å². The minimum absolute atomic E-state index is 0.208. The Hall–Kier alpha value is -0.870. The van der Waals surface area contributed by atoms with E-state index in [9.17, 15) is 0 Å². The maximum atomic E-state index is 5.89. The topological polar surface area (TPSA) is 39.1 Å². The molecule has 0 amide bonds. The molecule has 112 valence electrons. The standard InChI is InChI=1S/C16H27N3O/c1-5-15-18-11-10-17-8-7-12(11)19(15)13-9-14(20-6-2)16(13,3)4/h13-14,17H,5-10H2,1-4H3. The SMILES string of the molecule is CCOC1CC(n2c(CC)nc3c2CCNC3)C1(C)C. The molecule has 1 aliphatic heterocycles. The maximum absolute atomic E-state index is 5.89. The summed E-state index contributed by atoms with van der Waals surface area (Å²) in [6.45, 7) is 11.8. The number of rotatable bonds is 4. The van der Waals surface area contributed by atoms with Gasteiger partial charge in [-0.25, -0.2) is 4.98 Å². The van der Waals surface area contributed by atoms with E-state index in [1.54, 1.807) is 0 Å². The monoisotopic (exact) mass is 277 g/mol. The van der Waals surface area contributed by atoms with Gasteiger partial charge in [0.15, 0.2) is 0 Å². The fraction of sp³-hybridized carbons (Fsp3) is 0.812. The lowest BCUT2D eigenvalue weighted by Gasteiger charge is -2.53. The van der Waals surface area contributed by atoms with Crippen molar-refractivity contribution in [2.24, 2.45) is 5.41 Å². The minimum atomic E-state index is 0.208. The lowest BCUT2D eigenvalue weighted by atomic mass is 9.64. The van der Waals surface area contributed by atoms with E-state index in [0.717, 1.165) is 39.0 Å². The van der Waals surface area contributed by atoms with Crippen LogP contribution < -0.4 is 5.32 Å². The summed E-state index contributed by atoms with van der Waals surface area (Å²) in [5.41, 5.74) is 2.94. The molecule has 1 aromatic heterocycles.